The van der Waals surface area contributed by atoms with Gasteiger partial charge in [0.05, 0.1) is 15.8 Å². The first-order valence-corrected chi connectivity index (χ1v) is 8.57. The summed E-state index contributed by atoms with van der Waals surface area (Å²) in [5, 5.41) is 0.165. The van der Waals surface area contributed by atoms with Crippen LogP contribution < -0.4 is 4.90 Å². The van der Waals surface area contributed by atoms with Crippen molar-refractivity contribution in [1.29, 1.82) is 0 Å². The number of carbonyl (C=O) groups excluding carboxylic acids is 1. The van der Waals surface area contributed by atoms with E-state index in [9.17, 15) is 18.0 Å². The third-order valence-corrected chi connectivity index (χ3v) is 5.37. The summed E-state index contributed by atoms with van der Waals surface area (Å²) in [4.78, 5) is 19.5. The van der Waals surface area contributed by atoms with Gasteiger partial charge in [-0.25, -0.2) is 4.98 Å². The first kappa shape index (κ1) is 17.3. The molecule has 1 aromatic carbocycles. The van der Waals surface area contributed by atoms with E-state index in [2.05, 4.69) is 4.98 Å². The van der Waals surface area contributed by atoms with Crippen LogP contribution in [0.15, 0.2) is 18.2 Å². The van der Waals surface area contributed by atoms with Crippen molar-refractivity contribution < 1.29 is 18.0 Å². The third-order valence-electron chi connectivity index (χ3n) is 4.10. The fraction of sp³-hybridized carbons (Fsp3) is 0.467. The van der Waals surface area contributed by atoms with Crippen LogP contribution in [-0.4, -0.2) is 40.4 Å². The predicted molar refractivity (Wildman–Crippen MR) is 88.8 cm³/mol. The topological polar surface area (TPSA) is 36.4 Å². The number of piperazine rings is 1. The van der Waals surface area contributed by atoms with Crippen LogP contribution in [0.5, 0.6) is 0 Å². The number of halogens is 4. The van der Waals surface area contributed by atoms with Crippen LogP contribution in [0.1, 0.15) is 19.4 Å². The molecule has 0 radical (unpaired) electrons. The van der Waals surface area contributed by atoms with Gasteiger partial charge in [-0.2, -0.15) is 13.2 Å². The first-order chi connectivity index (χ1) is 11.2. The fourth-order valence-electron chi connectivity index (χ4n) is 3.05. The third kappa shape index (κ3) is 3.17. The SMILES string of the molecule is C[C@@H]1CN(c2nc3ccc(C(F)(F)F)cc3s2)C[C@H](C)N1C(=O)Cl. The molecule has 0 unspecified atom stereocenters. The largest absolute Gasteiger partial charge is 0.416 e. The normalized spacial score (nSPS) is 22.2. The number of hydrogen-bond donors (Lipinski definition) is 0. The Morgan fingerprint density at radius 3 is 2.46 bits per heavy atom. The van der Waals surface area contributed by atoms with Gasteiger partial charge in [0, 0.05) is 25.2 Å². The zero-order chi connectivity index (χ0) is 17.6. The number of thiazole rings is 1. The quantitative estimate of drug-likeness (QED) is 0.539. The van der Waals surface area contributed by atoms with Crippen LogP contribution in [0.4, 0.5) is 23.1 Å². The number of benzene rings is 1. The van der Waals surface area contributed by atoms with Crippen molar-refractivity contribution in [3.8, 4) is 0 Å². The Morgan fingerprint density at radius 2 is 1.92 bits per heavy atom. The van der Waals surface area contributed by atoms with Gasteiger partial charge in [0.1, 0.15) is 0 Å². The number of amides is 1. The molecule has 1 aliphatic heterocycles. The second-order valence-corrected chi connectivity index (χ2v) is 7.27. The van der Waals surface area contributed by atoms with Gasteiger partial charge in [0.15, 0.2) is 5.13 Å². The monoisotopic (exact) mass is 377 g/mol. The average molecular weight is 378 g/mol. The van der Waals surface area contributed by atoms with Crippen molar-refractivity contribution in [3.63, 3.8) is 0 Å². The average Bonchev–Trinajstić information content (AvgIpc) is 2.87. The molecular formula is C15H15ClF3N3OS. The summed E-state index contributed by atoms with van der Waals surface area (Å²) in [6.07, 6.45) is -4.37. The number of aromatic nitrogens is 1. The summed E-state index contributed by atoms with van der Waals surface area (Å²) >= 11 is 6.84. The highest BCUT2D eigenvalue weighted by atomic mass is 35.5. The van der Waals surface area contributed by atoms with E-state index in [1.807, 2.05) is 18.7 Å². The van der Waals surface area contributed by atoms with Gasteiger partial charge in [-0.05, 0) is 43.6 Å². The van der Waals surface area contributed by atoms with Crippen molar-refractivity contribution in [2.75, 3.05) is 18.0 Å². The molecule has 1 amide bonds. The lowest BCUT2D eigenvalue weighted by atomic mass is 10.1. The van der Waals surface area contributed by atoms with Crippen molar-refractivity contribution in [2.45, 2.75) is 32.1 Å². The maximum absolute atomic E-state index is 12.8. The Bertz CT molecular complexity index is 767. The molecule has 0 spiro atoms. The summed E-state index contributed by atoms with van der Waals surface area (Å²) in [5.41, 5.74) is -0.136. The minimum atomic E-state index is -4.37. The number of hydrogen-bond acceptors (Lipinski definition) is 4. The molecule has 24 heavy (non-hydrogen) atoms. The van der Waals surface area contributed by atoms with E-state index in [0.29, 0.717) is 28.4 Å². The second-order valence-electron chi connectivity index (χ2n) is 5.94. The molecule has 0 bridgehead atoms. The Hall–Kier alpha value is -1.54. The lowest BCUT2D eigenvalue weighted by molar-refractivity contribution is -0.137. The van der Waals surface area contributed by atoms with E-state index in [-0.39, 0.29) is 12.1 Å². The molecular weight excluding hydrogens is 363 g/mol. The summed E-state index contributed by atoms with van der Waals surface area (Å²) in [6, 6.07) is 3.36. The Labute approximate surface area is 145 Å². The number of anilines is 1. The molecule has 1 fully saturated rings. The van der Waals surface area contributed by atoms with Crippen molar-refractivity contribution >= 4 is 43.7 Å². The van der Waals surface area contributed by atoms with Gasteiger partial charge >= 0.3 is 11.5 Å². The fourth-order valence-corrected chi connectivity index (χ4v) is 4.41. The molecule has 4 nitrogen and oxygen atoms in total. The molecule has 0 N–H and O–H groups in total. The zero-order valence-corrected chi connectivity index (χ0v) is 14.5. The number of rotatable bonds is 1. The second kappa shape index (κ2) is 6.07. The zero-order valence-electron chi connectivity index (χ0n) is 13.0. The van der Waals surface area contributed by atoms with Gasteiger partial charge in [0.2, 0.25) is 0 Å². The highest BCUT2D eigenvalue weighted by Crippen LogP contribution is 2.36. The molecule has 9 heteroatoms. The Morgan fingerprint density at radius 1 is 1.29 bits per heavy atom. The molecule has 2 aromatic rings. The summed E-state index contributed by atoms with van der Waals surface area (Å²) in [6.45, 7) is 4.85. The van der Waals surface area contributed by atoms with Crippen LogP contribution in [-0.2, 0) is 6.18 Å². The maximum Gasteiger partial charge on any atom is 0.416 e. The molecule has 1 aromatic heterocycles. The maximum atomic E-state index is 12.8. The molecule has 0 saturated carbocycles. The molecule has 0 aliphatic carbocycles. The molecule has 130 valence electrons. The number of nitrogens with zero attached hydrogens (tertiary/aromatic N) is 3. The molecule has 2 heterocycles. The Kier molecular flexibility index (Phi) is 4.37. The lowest BCUT2D eigenvalue weighted by Gasteiger charge is -2.43. The first-order valence-electron chi connectivity index (χ1n) is 7.37. The summed E-state index contributed by atoms with van der Waals surface area (Å²) < 4.78 is 39.0. The highest BCUT2D eigenvalue weighted by Gasteiger charge is 2.34. The van der Waals surface area contributed by atoms with E-state index in [4.69, 9.17) is 11.6 Å². The molecule has 1 saturated heterocycles. The van der Waals surface area contributed by atoms with Crippen molar-refractivity contribution in [3.05, 3.63) is 23.8 Å². The highest BCUT2D eigenvalue weighted by molar-refractivity contribution is 7.22. The van der Waals surface area contributed by atoms with E-state index < -0.39 is 17.1 Å². The van der Waals surface area contributed by atoms with E-state index in [0.717, 1.165) is 12.1 Å². The van der Waals surface area contributed by atoms with Gasteiger partial charge in [-0.15, -0.1) is 0 Å². The van der Waals surface area contributed by atoms with Crippen LogP contribution in [0.2, 0.25) is 0 Å². The van der Waals surface area contributed by atoms with Gasteiger partial charge < -0.3 is 9.80 Å². The van der Waals surface area contributed by atoms with E-state index in [1.54, 1.807) is 4.90 Å². The van der Waals surface area contributed by atoms with Gasteiger partial charge in [-0.1, -0.05) is 11.3 Å². The van der Waals surface area contributed by atoms with Crippen LogP contribution in [0.3, 0.4) is 0 Å². The smallest absolute Gasteiger partial charge is 0.344 e. The minimum absolute atomic E-state index is 0.100. The minimum Gasteiger partial charge on any atom is -0.344 e. The van der Waals surface area contributed by atoms with Crippen LogP contribution >= 0.6 is 22.9 Å². The number of alkyl halides is 3. The molecule has 3 rings (SSSR count). The summed E-state index contributed by atoms with van der Waals surface area (Å²) in [7, 11) is 0. The standard InChI is InChI=1S/C15H15ClF3N3OS/c1-8-6-21(7-9(2)22(8)13(16)23)14-20-11-4-3-10(15(17,18)19)5-12(11)24-14/h3-5,8-9H,6-7H2,1-2H3/t8-,9+. The number of fused-ring (bicyclic) bond motifs is 1. The van der Waals surface area contributed by atoms with E-state index in [1.165, 1.54) is 17.4 Å². The molecule has 1 aliphatic rings. The van der Waals surface area contributed by atoms with Crippen molar-refractivity contribution in [2.24, 2.45) is 0 Å². The predicted octanol–water partition coefficient (Wildman–Crippen LogP) is 4.57. The van der Waals surface area contributed by atoms with Crippen LogP contribution in [0.25, 0.3) is 10.2 Å². The van der Waals surface area contributed by atoms with Gasteiger partial charge in [0.25, 0.3) is 0 Å². The van der Waals surface area contributed by atoms with Gasteiger partial charge in [-0.3, -0.25) is 4.79 Å². The Balaban J connectivity index is 1.89. The lowest BCUT2D eigenvalue weighted by Crippen LogP contribution is -2.57. The molecule has 2 atom stereocenters. The van der Waals surface area contributed by atoms with Crippen LogP contribution in [0, 0.1) is 0 Å². The van der Waals surface area contributed by atoms with Crippen molar-refractivity contribution in [1.82, 2.24) is 9.88 Å². The number of carbonyl (C=O) groups is 1. The summed E-state index contributed by atoms with van der Waals surface area (Å²) in [5.74, 6) is 0. The van der Waals surface area contributed by atoms with E-state index >= 15 is 0 Å².